The molecule has 0 unspecified atom stereocenters. The fourth-order valence-corrected chi connectivity index (χ4v) is 2.35. The number of piperidine rings is 1. The summed E-state index contributed by atoms with van der Waals surface area (Å²) in [5, 5.41) is 11.4. The summed E-state index contributed by atoms with van der Waals surface area (Å²) in [6, 6.07) is 0.292. The molecule has 6 heteroatoms. The normalized spacial score (nSPS) is 17.1. The fraction of sp³-hybridized carbons (Fsp3) is 0.857. The Balaban J connectivity index is 1.94. The lowest BCUT2D eigenvalue weighted by Crippen LogP contribution is -2.44. The summed E-state index contributed by atoms with van der Waals surface area (Å²) < 4.78 is 0. The van der Waals surface area contributed by atoms with Gasteiger partial charge in [0.25, 0.3) is 0 Å². The standard InChI is InChI=1S/C14H27N3O3/c15-12-6-9-17(10-7-12)11-13(18)16-8-4-2-1-3-5-14(19)20/h12H,1-11,15H2,(H,16,18)(H,19,20). The van der Waals surface area contributed by atoms with Crippen LogP contribution in [0.3, 0.4) is 0 Å². The Morgan fingerprint density at radius 3 is 2.45 bits per heavy atom. The predicted octanol–water partition coefficient (Wildman–Crippen LogP) is 0.561. The van der Waals surface area contributed by atoms with Crippen molar-refractivity contribution >= 4 is 11.9 Å². The number of nitrogens with two attached hydrogens (primary N) is 1. The second kappa shape index (κ2) is 9.72. The number of carbonyl (C=O) groups excluding carboxylic acids is 1. The van der Waals surface area contributed by atoms with Gasteiger partial charge in [0.05, 0.1) is 6.54 Å². The molecule has 1 aliphatic heterocycles. The summed E-state index contributed by atoms with van der Waals surface area (Å²) in [4.78, 5) is 24.2. The van der Waals surface area contributed by atoms with Crippen molar-refractivity contribution in [2.24, 2.45) is 5.73 Å². The molecule has 0 aromatic carbocycles. The van der Waals surface area contributed by atoms with Gasteiger partial charge in [-0.1, -0.05) is 12.8 Å². The summed E-state index contributed by atoms with van der Waals surface area (Å²) in [6.45, 7) is 2.96. The van der Waals surface area contributed by atoms with E-state index in [1.165, 1.54) is 0 Å². The number of rotatable bonds is 9. The SMILES string of the molecule is NC1CCN(CC(=O)NCCCCCCC(=O)O)CC1. The zero-order valence-corrected chi connectivity index (χ0v) is 12.1. The Hall–Kier alpha value is -1.14. The van der Waals surface area contributed by atoms with Gasteiger partial charge in [0.1, 0.15) is 0 Å². The summed E-state index contributed by atoms with van der Waals surface area (Å²) in [5.74, 6) is -0.662. The van der Waals surface area contributed by atoms with Gasteiger partial charge in [-0.05, 0) is 25.7 Å². The van der Waals surface area contributed by atoms with Crippen molar-refractivity contribution in [3.8, 4) is 0 Å². The molecule has 0 aromatic rings. The number of nitrogens with zero attached hydrogens (tertiary/aromatic N) is 1. The molecule has 0 aromatic heterocycles. The largest absolute Gasteiger partial charge is 0.481 e. The Kier molecular flexibility index (Phi) is 8.22. The maximum Gasteiger partial charge on any atom is 0.303 e. The first-order valence-corrected chi connectivity index (χ1v) is 7.54. The van der Waals surface area contributed by atoms with Crippen molar-refractivity contribution < 1.29 is 14.7 Å². The summed E-state index contributed by atoms with van der Waals surface area (Å²) in [6.07, 6.45) is 5.68. The zero-order valence-electron chi connectivity index (χ0n) is 12.1. The van der Waals surface area contributed by atoms with E-state index in [-0.39, 0.29) is 12.3 Å². The van der Waals surface area contributed by atoms with Crippen LogP contribution in [0.25, 0.3) is 0 Å². The molecular formula is C14H27N3O3. The number of carbonyl (C=O) groups is 2. The summed E-state index contributed by atoms with van der Waals surface area (Å²) in [7, 11) is 0. The maximum atomic E-state index is 11.7. The Morgan fingerprint density at radius 2 is 1.80 bits per heavy atom. The molecule has 20 heavy (non-hydrogen) atoms. The van der Waals surface area contributed by atoms with Gasteiger partial charge < -0.3 is 16.2 Å². The smallest absolute Gasteiger partial charge is 0.303 e. The minimum Gasteiger partial charge on any atom is -0.481 e. The number of aliphatic carboxylic acids is 1. The van der Waals surface area contributed by atoms with E-state index in [9.17, 15) is 9.59 Å². The van der Waals surface area contributed by atoms with Crippen LogP contribution in [-0.4, -0.2) is 54.1 Å². The predicted molar refractivity (Wildman–Crippen MR) is 77.4 cm³/mol. The minimum atomic E-state index is -0.737. The van der Waals surface area contributed by atoms with Gasteiger partial charge in [-0.25, -0.2) is 0 Å². The third-order valence-electron chi connectivity index (χ3n) is 3.64. The molecule has 0 spiro atoms. The third-order valence-corrected chi connectivity index (χ3v) is 3.64. The second-order valence-electron chi connectivity index (χ2n) is 5.52. The first kappa shape index (κ1) is 16.9. The molecule has 0 aliphatic carbocycles. The second-order valence-corrected chi connectivity index (χ2v) is 5.52. The molecule has 1 rings (SSSR count). The first-order chi connectivity index (χ1) is 9.58. The molecule has 0 radical (unpaired) electrons. The van der Waals surface area contributed by atoms with Crippen molar-refractivity contribution in [3.63, 3.8) is 0 Å². The van der Waals surface area contributed by atoms with Gasteiger partial charge in [0.15, 0.2) is 0 Å². The number of carboxylic acids is 1. The molecule has 1 heterocycles. The van der Waals surface area contributed by atoms with Gasteiger partial charge in [0.2, 0.25) is 5.91 Å². The van der Waals surface area contributed by atoms with Crippen LogP contribution < -0.4 is 11.1 Å². The maximum absolute atomic E-state index is 11.7. The Bertz CT molecular complexity index is 302. The molecule has 0 saturated carbocycles. The molecule has 6 nitrogen and oxygen atoms in total. The van der Waals surface area contributed by atoms with E-state index < -0.39 is 5.97 Å². The van der Waals surface area contributed by atoms with Gasteiger partial charge in [-0.15, -0.1) is 0 Å². The first-order valence-electron chi connectivity index (χ1n) is 7.54. The van der Waals surface area contributed by atoms with Gasteiger partial charge in [-0.3, -0.25) is 14.5 Å². The number of hydrogen-bond donors (Lipinski definition) is 3. The van der Waals surface area contributed by atoms with Crippen LogP contribution >= 0.6 is 0 Å². The van der Waals surface area contributed by atoms with Gasteiger partial charge >= 0.3 is 5.97 Å². The fourth-order valence-electron chi connectivity index (χ4n) is 2.35. The highest BCUT2D eigenvalue weighted by Crippen LogP contribution is 2.07. The lowest BCUT2D eigenvalue weighted by molar-refractivity contribution is -0.137. The molecule has 0 atom stereocenters. The van der Waals surface area contributed by atoms with Crippen molar-refractivity contribution in [2.45, 2.75) is 51.0 Å². The van der Waals surface area contributed by atoms with Crippen LogP contribution in [0.4, 0.5) is 0 Å². The van der Waals surface area contributed by atoms with E-state index in [2.05, 4.69) is 10.2 Å². The monoisotopic (exact) mass is 285 g/mol. The number of likely N-dealkylation sites (tertiary alicyclic amines) is 1. The molecule has 1 aliphatic rings. The number of unbranched alkanes of at least 4 members (excludes halogenated alkanes) is 3. The molecule has 1 saturated heterocycles. The van der Waals surface area contributed by atoms with Crippen LogP contribution in [0.15, 0.2) is 0 Å². The number of hydrogen-bond acceptors (Lipinski definition) is 4. The highest BCUT2D eigenvalue weighted by atomic mass is 16.4. The van der Waals surface area contributed by atoms with E-state index in [1.54, 1.807) is 0 Å². The third kappa shape index (κ3) is 8.12. The van der Waals surface area contributed by atoms with E-state index in [0.29, 0.717) is 19.1 Å². The highest BCUT2D eigenvalue weighted by molar-refractivity contribution is 5.77. The number of carboxylic acid groups (broad SMARTS) is 1. The average Bonchev–Trinajstić information content (AvgIpc) is 2.40. The average molecular weight is 285 g/mol. The topological polar surface area (TPSA) is 95.7 Å². The molecular weight excluding hydrogens is 258 g/mol. The Morgan fingerprint density at radius 1 is 1.15 bits per heavy atom. The van der Waals surface area contributed by atoms with Gasteiger partial charge in [0, 0.05) is 32.1 Å². The molecule has 1 fully saturated rings. The summed E-state index contributed by atoms with van der Waals surface area (Å²) in [5.41, 5.74) is 5.82. The quantitative estimate of drug-likeness (QED) is 0.538. The van der Waals surface area contributed by atoms with Crippen LogP contribution in [-0.2, 0) is 9.59 Å². The molecule has 116 valence electrons. The summed E-state index contributed by atoms with van der Waals surface area (Å²) >= 11 is 0. The van der Waals surface area contributed by atoms with Crippen molar-refractivity contribution in [1.82, 2.24) is 10.2 Å². The number of nitrogens with one attached hydrogen (secondary N) is 1. The van der Waals surface area contributed by atoms with Crippen molar-refractivity contribution in [2.75, 3.05) is 26.2 Å². The van der Waals surface area contributed by atoms with Crippen LogP contribution in [0.2, 0.25) is 0 Å². The highest BCUT2D eigenvalue weighted by Gasteiger charge is 2.17. The molecule has 4 N–H and O–H groups in total. The Labute approximate surface area is 120 Å². The lowest BCUT2D eigenvalue weighted by Gasteiger charge is -2.29. The molecule has 1 amide bonds. The van der Waals surface area contributed by atoms with Crippen LogP contribution in [0, 0.1) is 0 Å². The minimum absolute atomic E-state index is 0.0750. The molecule has 0 bridgehead atoms. The van der Waals surface area contributed by atoms with Crippen LogP contribution in [0.5, 0.6) is 0 Å². The van der Waals surface area contributed by atoms with Gasteiger partial charge in [-0.2, -0.15) is 0 Å². The lowest BCUT2D eigenvalue weighted by atomic mass is 10.1. The zero-order chi connectivity index (χ0) is 14.8. The van der Waals surface area contributed by atoms with Crippen molar-refractivity contribution in [1.29, 1.82) is 0 Å². The van der Waals surface area contributed by atoms with Crippen LogP contribution in [0.1, 0.15) is 44.9 Å². The van der Waals surface area contributed by atoms with Crippen molar-refractivity contribution in [3.05, 3.63) is 0 Å². The van der Waals surface area contributed by atoms with E-state index in [1.807, 2.05) is 0 Å². The van der Waals surface area contributed by atoms with E-state index in [0.717, 1.165) is 51.6 Å². The van der Waals surface area contributed by atoms with E-state index in [4.69, 9.17) is 10.8 Å². The number of amides is 1. The van der Waals surface area contributed by atoms with E-state index >= 15 is 0 Å².